The van der Waals surface area contributed by atoms with E-state index in [0.29, 0.717) is 32.1 Å². The molecular weight excluding hydrogens is 318 g/mol. The summed E-state index contributed by atoms with van der Waals surface area (Å²) in [6.07, 6.45) is -0.0984. The normalized spacial score (nSPS) is 23.0. The molecule has 0 bridgehead atoms. The fourth-order valence-corrected chi connectivity index (χ4v) is 4.30. The second-order valence-corrected chi connectivity index (χ2v) is 7.73. The van der Waals surface area contributed by atoms with Crippen molar-refractivity contribution < 1.29 is 22.6 Å². The zero-order chi connectivity index (χ0) is 17.0. The number of sulfonamides is 1. The fourth-order valence-electron chi connectivity index (χ4n) is 2.52. The zero-order valence-corrected chi connectivity index (χ0v) is 14.9. The van der Waals surface area contributed by atoms with Crippen LogP contribution in [-0.4, -0.2) is 58.3 Å². The molecule has 6 nitrogen and oxygen atoms in total. The van der Waals surface area contributed by atoms with Crippen molar-refractivity contribution in [1.82, 2.24) is 4.31 Å². The maximum absolute atomic E-state index is 12.9. The Kier molecular flexibility index (Phi) is 6.02. The lowest BCUT2D eigenvalue weighted by molar-refractivity contribution is -0.0170. The van der Waals surface area contributed by atoms with Crippen molar-refractivity contribution in [1.29, 1.82) is 0 Å². The lowest BCUT2D eigenvalue weighted by Gasteiger charge is -2.35. The molecule has 0 unspecified atom stereocenters. The highest BCUT2D eigenvalue weighted by Gasteiger charge is 2.34. The van der Waals surface area contributed by atoms with Gasteiger partial charge in [-0.1, -0.05) is 0 Å². The second kappa shape index (κ2) is 7.61. The van der Waals surface area contributed by atoms with E-state index in [0.717, 1.165) is 5.56 Å². The standard InChI is InChI=1S/C16H25NO5S/c1-12-9-15(5-6-16(12)21-8-7-20-4)23(18,19)17-10-14(3)22-11-13(17)2/h5-6,9,13-14H,7-8,10-11H2,1-4H3/t13-,14-/m0/s1. The number of ether oxygens (including phenoxy) is 3. The minimum absolute atomic E-state index is 0.0984. The molecule has 0 amide bonds. The van der Waals surface area contributed by atoms with E-state index >= 15 is 0 Å². The molecule has 1 fully saturated rings. The molecule has 1 aliphatic rings. The number of methoxy groups -OCH3 is 1. The number of rotatable bonds is 6. The summed E-state index contributed by atoms with van der Waals surface area (Å²) in [5, 5.41) is 0. The smallest absolute Gasteiger partial charge is 0.243 e. The summed E-state index contributed by atoms with van der Waals surface area (Å²) < 4.78 is 43.3. The molecule has 1 aliphatic heterocycles. The van der Waals surface area contributed by atoms with E-state index in [-0.39, 0.29) is 17.0 Å². The van der Waals surface area contributed by atoms with Crippen LogP contribution < -0.4 is 4.74 Å². The maximum atomic E-state index is 12.9. The number of aryl methyl sites for hydroxylation is 1. The number of benzene rings is 1. The van der Waals surface area contributed by atoms with E-state index in [1.807, 2.05) is 20.8 Å². The molecule has 0 aliphatic carbocycles. The molecule has 0 aromatic heterocycles. The summed E-state index contributed by atoms with van der Waals surface area (Å²) >= 11 is 0. The molecule has 1 heterocycles. The molecule has 1 aromatic carbocycles. The summed E-state index contributed by atoms with van der Waals surface area (Å²) in [5.41, 5.74) is 0.788. The topological polar surface area (TPSA) is 65.1 Å². The predicted molar refractivity (Wildman–Crippen MR) is 87.3 cm³/mol. The van der Waals surface area contributed by atoms with Gasteiger partial charge in [0.1, 0.15) is 12.4 Å². The highest BCUT2D eigenvalue weighted by atomic mass is 32.2. The summed E-state index contributed by atoms with van der Waals surface area (Å²) in [6, 6.07) is 4.78. The number of hydrogen-bond donors (Lipinski definition) is 0. The van der Waals surface area contributed by atoms with Gasteiger partial charge in [-0.2, -0.15) is 4.31 Å². The SMILES string of the molecule is COCCOc1ccc(S(=O)(=O)N2C[C@H](C)OC[C@@H]2C)cc1C. The Balaban J connectivity index is 2.21. The van der Waals surface area contributed by atoms with E-state index in [4.69, 9.17) is 14.2 Å². The van der Waals surface area contributed by atoms with Gasteiger partial charge in [0.2, 0.25) is 10.0 Å². The van der Waals surface area contributed by atoms with Gasteiger partial charge in [0, 0.05) is 19.7 Å². The third-order valence-corrected chi connectivity index (χ3v) is 5.82. The van der Waals surface area contributed by atoms with Crippen LogP contribution in [0.5, 0.6) is 5.75 Å². The number of morpholine rings is 1. The van der Waals surface area contributed by atoms with Crippen LogP contribution in [0.2, 0.25) is 0 Å². The van der Waals surface area contributed by atoms with Gasteiger partial charge in [0.15, 0.2) is 0 Å². The summed E-state index contributed by atoms with van der Waals surface area (Å²) in [5.74, 6) is 0.671. The van der Waals surface area contributed by atoms with Gasteiger partial charge in [0.05, 0.1) is 24.2 Å². The Bertz CT molecular complexity index is 631. The van der Waals surface area contributed by atoms with Gasteiger partial charge in [-0.15, -0.1) is 0 Å². The van der Waals surface area contributed by atoms with Gasteiger partial charge in [-0.25, -0.2) is 8.42 Å². The van der Waals surface area contributed by atoms with E-state index < -0.39 is 10.0 Å². The van der Waals surface area contributed by atoms with Crippen LogP contribution in [0, 0.1) is 6.92 Å². The average Bonchev–Trinajstić information content (AvgIpc) is 2.51. The van der Waals surface area contributed by atoms with Crippen molar-refractivity contribution in [2.75, 3.05) is 33.5 Å². The lowest BCUT2D eigenvalue weighted by atomic mass is 10.2. The maximum Gasteiger partial charge on any atom is 0.243 e. The third-order valence-electron chi connectivity index (χ3n) is 3.85. The molecule has 23 heavy (non-hydrogen) atoms. The molecule has 0 spiro atoms. The lowest BCUT2D eigenvalue weighted by Crippen LogP contribution is -2.50. The Morgan fingerprint density at radius 1 is 1.30 bits per heavy atom. The first-order valence-electron chi connectivity index (χ1n) is 7.72. The van der Waals surface area contributed by atoms with Crippen LogP contribution in [0.4, 0.5) is 0 Å². The van der Waals surface area contributed by atoms with Crippen molar-refractivity contribution in [3.8, 4) is 5.75 Å². The molecule has 0 N–H and O–H groups in total. The van der Waals surface area contributed by atoms with Gasteiger partial charge >= 0.3 is 0 Å². The van der Waals surface area contributed by atoms with E-state index in [2.05, 4.69) is 0 Å². The van der Waals surface area contributed by atoms with Crippen LogP contribution in [0.3, 0.4) is 0 Å². The Morgan fingerprint density at radius 2 is 2.04 bits per heavy atom. The Labute approximate surface area is 138 Å². The van der Waals surface area contributed by atoms with Gasteiger partial charge < -0.3 is 14.2 Å². The quantitative estimate of drug-likeness (QED) is 0.737. The summed E-state index contributed by atoms with van der Waals surface area (Å²) in [7, 11) is -1.93. The van der Waals surface area contributed by atoms with E-state index in [9.17, 15) is 8.42 Å². The van der Waals surface area contributed by atoms with Gasteiger partial charge in [-0.3, -0.25) is 0 Å². The zero-order valence-electron chi connectivity index (χ0n) is 14.1. The molecule has 1 aromatic rings. The van der Waals surface area contributed by atoms with Crippen LogP contribution in [0.25, 0.3) is 0 Å². The first-order chi connectivity index (χ1) is 10.9. The minimum Gasteiger partial charge on any atom is -0.491 e. The average molecular weight is 343 g/mol. The van der Waals surface area contributed by atoms with E-state index in [1.165, 1.54) is 4.31 Å². The Morgan fingerprint density at radius 3 is 2.70 bits per heavy atom. The van der Waals surface area contributed by atoms with Crippen molar-refractivity contribution in [3.05, 3.63) is 23.8 Å². The largest absolute Gasteiger partial charge is 0.491 e. The fraction of sp³-hybridized carbons (Fsp3) is 0.625. The third kappa shape index (κ3) is 4.23. The van der Waals surface area contributed by atoms with Crippen molar-refractivity contribution in [2.45, 2.75) is 37.8 Å². The first-order valence-corrected chi connectivity index (χ1v) is 9.16. The first kappa shape index (κ1) is 18.2. The molecule has 0 radical (unpaired) electrons. The Hall–Kier alpha value is -1.15. The molecule has 2 atom stereocenters. The van der Waals surface area contributed by atoms with Crippen molar-refractivity contribution in [3.63, 3.8) is 0 Å². The molecule has 0 saturated carbocycles. The van der Waals surface area contributed by atoms with Crippen LogP contribution >= 0.6 is 0 Å². The van der Waals surface area contributed by atoms with Crippen LogP contribution in [-0.2, 0) is 19.5 Å². The molecule has 130 valence electrons. The highest BCUT2D eigenvalue weighted by Crippen LogP contribution is 2.26. The summed E-state index contributed by atoms with van der Waals surface area (Å²) in [6.45, 7) is 7.29. The molecular formula is C16H25NO5S. The molecule has 1 saturated heterocycles. The van der Waals surface area contributed by atoms with Gasteiger partial charge in [-0.05, 0) is 44.5 Å². The van der Waals surface area contributed by atoms with Crippen molar-refractivity contribution in [2.24, 2.45) is 0 Å². The minimum atomic E-state index is -3.54. The number of hydrogen-bond acceptors (Lipinski definition) is 5. The molecule has 7 heteroatoms. The number of nitrogens with zero attached hydrogens (tertiary/aromatic N) is 1. The molecule has 2 rings (SSSR count). The van der Waals surface area contributed by atoms with E-state index in [1.54, 1.807) is 25.3 Å². The highest BCUT2D eigenvalue weighted by molar-refractivity contribution is 7.89. The van der Waals surface area contributed by atoms with Crippen LogP contribution in [0.15, 0.2) is 23.1 Å². The predicted octanol–water partition coefficient (Wildman–Crippen LogP) is 1.82. The second-order valence-electron chi connectivity index (χ2n) is 5.84. The van der Waals surface area contributed by atoms with Gasteiger partial charge in [0.25, 0.3) is 0 Å². The van der Waals surface area contributed by atoms with Crippen molar-refractivity contribution >= 4 is 10.0 Å². The monoisotopic (exact) mass is 343 g/mol. The van der Waals surface area contributed by atoms with Crippen LogP contribution in [0.1, 0.15) is 19.4 Å². The summed E-state index contributed by atoms with van der Waals surface area (Å²) in [4.78, 5) is 0.287.